The highest BCUT2D eigenvalue weighted by atomic mass is 16.4. The Hall–Kier alpha value is -1.26. The van der Waals surface area contributed by atoms with E-state index in [1.54, 1.807) is 18.7 Å². The molecule has 0 saturated heterocycles. The van der Waals surface area contributed by atoms with Gasteiger partial charge in [-0.25, -0.2) is 0 Å². The molecule has 0 aliphatic heterocycles. The van der Waals surface area contributed by atoms with Crippen LogP contribution in [0.2, 0.25) is 0 Å². The van der Waals surface area contributed by atoms with Gasteiger partial charge in [0.15, 0.2) is 5.84 Å². The molecule has 5 heteroatoms. The predicted octanol–water partition coefficient (Wildman–Crippen LogP) is 2.19. The number of hydrogen-bond acceptors (Lipinski definition) is 3. The van der Waals surface area contributed by atoms with Gasteiger partial charge >= 0.3 is 0 Å². The van der Waals surface area contributed by atoms with Crippen LogP contribution >= 0.6 is 0 Å². The molecule has 0 bridgehead atoms. The third-order valence-electron chi connectivity index (χ3n) is 4.46. The second kappa shape index (κ2) is 5.39. The van der Waals surface area contributed by atoms with Gasteiger partial charge in [0.05, 0.1) is 0 Å². The average molecular weight is 269 g/mol. The first-order valence-electron chi connectivity index (χ1n) is 6.87. The maximum atomic E-state index is 12.5. The van der Waals surface area contributed by atoms with Crippen LogP contribution in [0.1, 0.15) is 53.4 Å². The van der Waals surface area contributed by atoms with Crippen molar-refractivity contribution < 1.29 is 10.0 Å². The Morgan fingerprint density at radius 3 is 2.26 bits per heavy atom. The van der Waals surface area contributed by atoms with Gasteiger partial charge in [0.2, 0.25) is 5.91 Å². The van der Waals surface area contributed by atoms with Crippen LogP contribution < -0.4 is 5.73 Å². The number of oxime groups is 1. The molecule has 1 aliphatic carbocycles. The van der Waals surface area contributed by atoms with Crippen molar-refractivity contribution in [2.24, 2.45) is 21.7 Å². The molecule has 110 valence electrons. The van der Waals surface area contributed by atoms with Crippen molar-refractivity contribution in [2.45, 2.75) is 59.4 Å². The number of amides is 1. The van der Waals surface area contributed by atoms with Crippen LogP contribution in [0.25, 0.3) is 0 Å². The van der Waals surface area contributed by atoms with Crippen LogP contribution in [-0.4, -0.2) is 34.9 Å². The van der Waals surface area contributed by atoms with Crippen molar-refractivity contribution in [1.29, 1.82) is 0 Å². The molecule has 1 aliphatic rings. The molecule has 0 aromatic heterocycles. The lowest BCUT2D eigenvalue weighted by atomic mass is 9.75. The van der Waals surface area contributed by atoms with E-state index in [1.165, 1.54) is 0 Å². The summed E-state index contributed by atoms with van der Waals surface area (Å²) in [5, 5.41) is 11.8. The second-order valence-electron chi connectivity index (χ2n) is 6.92. The van der Waals surface area contributed by atoms with Gasteiger partial charge in [-0.2, -0.15) is 0 Å². The summed E-state index contributed by atoms with van der Waals surface area (Å²) in [4.78, 5) is 14.3. The van der Waals surface area contributed by atoms with Gasteiger partial charge in [-0.3, -0.25) is 4.79 Å². The quantitative estimate of drug-likeness (QED) is 0.357. The number of carbonyl (C=O) groups excluding carboxylic acids is 1. The van der Waals surface area contributed by atoms with E-state index in [9.17, 15) is 4.79 Å². The molecule has 0 aromatic rings. The molecular formula is C14H27N3O2. The van der Waals surface area contributed by atoms with E-state index in [-0.39, 0.29) is 17.8 Å². The Morgan fingerprint density at radius 2 is 1.84 bits per heavy atom. The molecule has 3 N–H and O–H groups in total. The van der Waals surface area contributed by atoms with E-state index < -0.39 is 5.41 Å². The van der Waals surface area contributed by atoms with E-state index >= 15 is 0 Å². The predicted molar refractivity (Wildman–Crippen MR) is 76.0 cm³/mol. The van der Waals surface area contributed by atoms with E-state index in [4.69, 9.17) is 10.9 Å². The molecule has 0 atom stereocenters. The molecule has 5 nitrogen and oxygen atoms in total. The standard InChI is InChI=1S/C14H27N3O2/c1-13(2)8-6-10(7-9-13)17(5)12(18)14(3,4)11(15)16-19/h10,19H,6-9H2,1-5H3,(H2,15,16). The van der Waals surface area contributed by atoms with Gasteiger partial charge in [0, 0.05) is 13.1 Å². The van der Waals surface area contributed by atoms with Crippen molar-refractivity contribution in [3.63, 3.8) is 0 Å². The number of hydrogen-bond donors (Lipinski definition) is 2. The monoisotopic (exact) mass is 269 g/mol. The van der Waals surface area contributed by atoms with E-state index in [0.717, 1.165) is 25.7 Å². The van der Waals surface area contributed by atoms with Gasteiger partial charge in [-0.1, -0.05) is 19.0 Å². The smallest absolute Gasteiger partial charge is 0.235 e. The number of nitrogens with two attached hydrogens (primary N) is 1. The van der Waals surface area contributed by atoms with Crippen LogP contribution in [0.15, 0.2) is 5.16 Å². The summed E-state index contributed by atoms with van der Waals surface area (Å²) in [5.74, 6) is -0.131. The molecule has 19 heavy (non-hydrogen) atoms. The summed E-state index contributed by atoms with van der Waals surface area (Å²) < 4.78 is 0. The molecule has 0 heterocycles. The SMILES string of the molecule is CN(C(=O)C(C)(C)C(N)=NO)C1CCC(C)(C)CC1. The van der Waals surface area contributed by atoms with Crippen LogP contribution in [0.5, 0.6) is 0 Å². The van der Waals surface area contributed by atoms with Gasteiger partial charge in [0.25, 0.3) is 0 Å². The molecule has 0 spiro atoms. The first-order chi connectivity index (χ1) is 8.62. The van der Waals surface area contributed by atoms with E-state index in [2.05, 4.69) is 19.0 Å². The highest BCUT2D eigenvalue weighted by Gasteiger charge is 2.39. The normalized spacial score (nSPS) is 21.2. The number of nitrogens with zero attached hydrogens (tertiary/aromatic N) is 2. The van der Waals surface area contributed by atoms with Crippen molar-refractivity contribution in [1.82, 2.24) is 4.90 Å². The minimum Gasteiger partial charge on any atom is -0.409 e. The minimum absolute atomic E-state index is 0.0412. The van der Waals surface area contributed by atoms with Crippen molar-refractivity contribution in [3.05, 3.63) is 0 Å². The zero-order valence-corrected chi connectivity index (χ0v) is 12.7. The molecular weight excluding hydrogens is 242 g/mol. The highest BCUT2D eigenvalue weighted by Crippen LogP contribution is 2.37. The first kappa shape index (κ1) is 15.8. The third-order valence-corrected chi connectivity index (χ3v) is 4.46. The van der Waals surface area contributed by atoms with Crippen LogP contribution in [0.3, 0.4) is 0 Å². The Kier molecular flexibility index (Phi) is 4.48. The maximum Gasteiger partial charge on any atom is 0.235 e. The van der Waals surface area contributed by atoms with Crippen LogP contribution in [-0.2, 0) is 4.79 Å². The Labute approximate surface area is 115 Å². The molecule has 0 radical (unpaired) electrons. The van der Waals surface area contributed by atoms with Crippen LogP contribution in [0.4, 0.5) is 0 Å². The van der Waals surface area contributed by atoms with Crippen molar-refractivity contribution >= 4 is 11.7 Å². The molecule has 1 saturated carbocycles. The Balaban J connectivity index is 2.74. The second-order valence-corrected chi connectivity index (χ2v) is 6.92. The van der Waals surface area contributed by atoms with Crippen molar-refractivity contribution in [2.75, 3.05) is 7.05 Å². The number of rotatable bonds is 3. The lowest BCUT2D eigenvalue weighted by molar-refractivity contribution is -0.138. The summed E-state index contributed by atoms with van der Waals surface area (Å²) in [6.45, 7) is 7.91. The Bertz CT molecular complexity index is 365. The van der Waals surface area contributed by atoms with Gasteiger partial charge < -0.3 is 15.8 Å². The summed E-state index contributed by atoms with van der Waals surface area (Å²) in [5.41, 5.74) is 5.03. The van der Waals surface area contributed by atoms with Gasteiger partial charge in [-0.15, -0.1) is 0 Å². The third kappa shape index (κ3) is 3.39. The molecule has 1 fully saturated rings. The zero-order valence-electron chi connectivity index (χ0n) is 12.7. The molecule has 0 aromatic carbocycles. The minimum atomic E-state index is -0.962. The fraction of sp³-hybridized carbons (Fsp3) is 0.857. The van der Waals surface area contributed by atoms with E-state index in [0.29, 0.717) is 5.41 Å². The summed E-state index contributed by atoms with van der Waals surface area (Å²) in [6.07, 6.45) is 4.28. The first-order valence-corrected chi connectivity index (χ1v) is 6.87. The zero-order chi connectivity index (χ0) is 14.8. The fourth-order valence-corrected chi connectivity index (χ4v) is 2.61. The molecule has 0 unspecified atom stereocenters. The molecule has 1 amide bonds. The lowest BCUT2D eigenvalue weighted by Gasteiger charge is -2.40. The topological polar surface area (TPSA) is 78.9 Å². The Morgan fingerprint density at radius 1 is 1.37 bits per heavy atom. The van der Waals surface area contributed by atoms with Crippen LogP contribution in [0, 0.1) is 10.8 Å². The highest BCUT2D eigenvalue weighted by molar-refractivity contribution is 6.05. The largest absolute Gasteiger partial charge is 0.409 e. The summed E-state index contributed by atoms with van der Waals surface area (Å²) in [7, 11) is 1.82. The summed E-state index contributed by atoms with van der Waals surface area (Å²) in [6, 6.07) is 0.256. The number of amidine groups is 1. The van der Waals surface area contributed by atoms with Gasteiger partial charge in [0.1, 0.15) is 5.41 Å². The van der Waals surface area contributed by atoms with E-state index in [1.807, 2.05) is 7.05 Å². The summed E-state index contributed by atoms with van der Waals surface area (Å²) >= 11 is 0. The van der Waals surface area contributed by atoms with Crippen molar-refractivity contribution in [3.8, 4) is 0 Å². The number of carbonyl (C=O) groups is 1. The maximum absolute atomic E-state index is 12.5. The van der Waals surface area contributed by atoms with Gasteiger partial charge in [-0.05, 0) is 44.9 Å². The molecule has 1 rings (SSSR count). The lowest BCUT2D eigenvalue weighted by Crippen LogP contribution is -2.51. The average Bonchev–Trinajstić information content (AvgIpc) is 2.35. The fourth-order valence-electron chi connectivity index (χ4n) is 2.61.